The third-order valence-corrected chi connectivity index (χ3v) is 3.19. The zero-order chi connectivity index (χ0) is 12.3. The summed E-state index contributed by atoms with van der Waals surface area (Å²) in [6.07, 6.45) is 0. The highest BCUT2D eigenvalue weighted by atomic mass is 32.1. The quantitative estimate of drug-likeness (QED) is 0.905. The van der Waals surface area contributed by atoms with Crippen molar-refractivity contribution in [1.29, 1.82) is 0 Å². The number of benzene rings is 1. The fourth-order valence-corrected chi connectivity index (χ4v) is 2.17. The highest BCUT2D eigenvalue weighted by Crippen LogP contribution is 2.22. The molecule has 90 valence electrons. The molecular weight excluding hydrogens is 234 g/mol. The van der Waals surface area contributed by atoms with Crippen LogP contribution in [0, 0.1) is 13.8 Å². The fourth-order valence-electron chi connectivity index (χ4n) is 1.58. The number of aryl methyl sites for hydroxylation is 2. The first-order chi connectivity index (χ1) is 8.19. The van der Waals surface area contributed by atoms with Gasteiger partial charge in [0.05, 0.1) is 7.11 Å². The van der Waals surface area contributed by atoms with Crippen molar-refractivity contribution in [1.82, 2.24) is 10.2 Å². The topological polar surface area (TPSA) is 47.0 Å². The first-order valence-electron chi connectivity index (χ1n) is 5.36. The lowest BCUT2D eigenvalue weighted by Crippen LogP contribution is -2.01. The van der Waals surface area contributed by atoms with Crippen molar-refractivity contribution >= 4 is 16.5 Å². The molecule has 1 aromatic carbocycles. The Balaban J connectivity index is 2.10. The average molecular weight is 249 g/mol. The largest absolute Gasteiger partial charge is 0.496 e. The number of hydrogen-bond donors (Lipinski definition) is 1. The molecule has 1 heterocycles. The van der Waals surface area contributed by atoms with Crippen LogP contribution in [-0.4, -0.2) is 17.3 Å². The van der Waals surface area contributed by atoms with E-state index in [1.807, 2.05) is 19.1 Å². The van der Waals surface area contributed by atoms with E-state index in [-0.39, 0.29) is 0 Å². The maximum atomic E-state index is 5.32. The van der Waals surface area contributed by atoms with Gasteiger partial charge in [-0.1, -0.05) is 29.0 Å². The van der Waals surface area contributed by atoms with Crippen LogP contribution in [0.25, 0.3) is 0 Å². The lowest BCUT2D eigenvalue weighted by Gasteiger charge is -2.09. The van der Waals surface area contributed by atoms with Gasteiger partial charge in [0, 0.05) is 12.1 Å². The number of nitrogens with zero attached hydrogens (tertiary/aromatic N) is 2. The van der Waals surface area contributed by atoms with Crippen LogP contribution in [0.1, 0.15) is 16.1 Å². The number of anilines is 1. The minimum Gasteiger partial charge on any atom is -0.496 e. The Morgan fingerprint density at radius 3 is 2.76 bits per heavy atom. The SMILES string of the molecule is COc1ccc(C)cc1CNc1nnc(C)s1. The van der Waals surface area contributed by atoms with Gasteiger partial charge in [-0.25, -0.2) is 0 Å². The van der Waals surface area contributed by atoms with Gasteiger partial charge in [-0.05, 0) is 19.9 Å². The standard InChI is InChI=1S/C12H15N3OS/c1-8-4-5-11(16-3)10(6-8)7-13-12-15-14-9(2)17-12/h4-6H,7H2,1-3H3,(H,13,15). The molecule has 0 fully saturated rings. The Morgan fingerprint density at radius 1 is 1.29 bits per heavy atom. The maximum absolute atomic E-state index is 5.32. The predicted molar refractivity (Wildman–Crippen MR) is 69.7 cm³/mol. The van der Waals surface area contributed by atoms with Crippen LogP contribution in [0.2, 0.25) is 0 Å². The van der Waals surface area contributed by atoms with Crippen molar-refractivity contribution in [2.24, 2.45) is 0 Å². The minimum absolute atomic E-state index is 0.694. The van der Waals surface area contributed by atoms with Crippen LogP contribution in [-0.2, 0) is 6.54 Å². The molecule has 5 heteroatoms. The fraction of sp³-hybridized carbons (Fsp3) is 0.333. The predicted octanol–water partition coefficient (Wildman–Crippen LogP) is 2.78. The van der Waals surface area contributed by atoms with Gasteiger partial charge in [0.1, 0.15) is 10.8 Å². The summed E-state index contributed by atoms with van der Waals surface area (Å²) in [5.41, 5.74) is 2.34. The van der Waals surface area contributed by atoms with Crippen molar-refractivity contribution in [2.45, 2.75) is 20.4 Å². The van der Waals surface area contributed by atoms with E-state index in [1.54, 1.807) is 18.4 Å². The Labute approximate surface area is 105 Å². The third-order valence-electron chi connectivity index (χ3n) is 2.39. The lowest BCUT2D eigenvalue weighted by atomic mass is 10.1. The summed E-state index contributed by atoms with van der Waals surface area (Å²) in [6, 6.07) is 6.13. The van der Waals surface area contributed by atoms with E-state index in [9.17, 15) is 0 Å². The monoisotopic (exact) mass is 249 g/mol. The van der Waals surface area contributed by atoms with E-state index in [1.165, 1.54) is 5.56 Å². The number of aromatic nitrogens is 2. The van der Waals surface area contributed by atoms with Gasteiger partial charge in [-0.3, -0.25) is 0 Å². The summed E-state index contributed by atoms with van der Waals surface area (Å²) in [4.78, 5) is 0. The van der Waals surface area contributed by atoms with Gasteiger partial charge >= 0.3 is 0 Å². The zero-order valence-electron chi connectivity index (χ0n) is 10.2. The van der Waals surface area contributed by atoms with Gasteiger partial charge in [-0.2, -0.15) is 0 Å². The lowest BCUT2D eigenvalue weighted by molar-refractivity contribution is 0.410. The molecule has 0 aliphatic heterocycles. The second kappa shape index (κ2) is 5.14. The zero-order valence-corrected chi connectivity index (χ0v) is 11.0. The van der Waals surface area contributed by atoms with Crippen LogP contribution in [0.4, 0.5) is 5.13 Å². The Kier molecular flexibility index (Phi) is 3.58. The van der Waals surface area contributed by atoms with Crippen LogP contribution < -0.4 is 10.1 Å². The van der Waals surface area contributed by atoms with Crippen molar-refractivity contribution in [3.05, 3.63) is 34.3 Å². The van der Waals surface area contributed by atoms with E-state index >= 15 is 0 Å². The Bertz CT molecular complexity index is 510. The highest BCUT2D eigenvalue weighted by molar-refractivity contribution is 7.15. The minimum atomic E-state index is 0.694. The molecule has 0 amide bonds. The summed E-state index contributed by atoms with van der Waals surface area (Å²) < 4.78 is 5.32. The highest BCUT2D eigenvalue weighted by Gasteiger charge is 2.05. The van der Waals surface area contributed by atoms with Crippen molar-refractivity contribution in [3.63, 3.8) is 0 Å². The van der Waals surface area contributed by atoms with Gasteiger partial charge in [0.25, 0.3) is 0 Å². The summed E-state index contributed by atoms with van der Waals surface area (Å²) in [5.74, 6) is 0.893. The van der Waals surface area contributed by atoms with Crippen molar-refractivity contribution in [3.8, 4) is 5.75 Å². The van der Waals surface area contributed by atoms with Crippen LogP contribution in [0.15, 0.2) is 18.2 Å². The molecular formula is C12H15N3OS. The molecule has 4 nitrogen and oxygen atoms in total. The Morgan fingerprint density at radius 2 is 2.12 bits per heavy atom. The molecule has 2 aromatic rings. The number of methoxy groups -OCH3 is 1. The number of ether oxygens (including phenoxy) is 1. The first-order valence-corrected chi connectivity index (χ1v) is 6.18. The van der Waals surface area contributed by atoms with Crippen LogP contribution in [0.5, 0.6) is 5.75 Å². The average Bonchev–Trinajstić information content (AvgIpc) is 2.73. The smallest absolute Gasteiger partial charge is 0.205 e. The van der Waals surface area contributed by atoms with Gasteiger partial charge in [0.2, 0.25) is 5.13 Å². The summed E-state index contributed by atoms with van der Waals surface area (Å²) in [5, 5.41) is 13.0. The summed E-state index contributed by atoms with van der Waals surface area (Å²) in [7, 11) is 1.68. The number of nitrogens with one attached hydrogen (secondary N) is 1. The van der Waals surface area contributed by atoms with Crippen LogP contribution >= 0.6 is 11.3 Å². The number of hydrogen-bond acceptors (Lipinski definition) is 5. The van der Waals surface area contributed by atoms with E-state index in [4.69, 9.17) is 4.74 Å². The molecule has 0 spiro atoms. The van der Waals surface area contributed by atoms with E-state index < -0.39 is 0 Å². The molecule has 0 radical (unpaired) electrons. The number of rotatable bonds is 4. The normalized spacial score (nSPS) is 10.3. The van der Waals surface area contributed by atoms with E-state index in [0.717, 1.165) is 21.5 Å². The van der Waals surface area contributed by atoms with Gasteiger partial charge in [-0.15, -0.1) is 10.2 Å². The molecule has 0 aliphatic rings. The molecule has 1 aromatic heterocycles. The Hall–Kier alpha value is -1.62. The van der Waals surface area contributed by atoms with Gasteiger partial charge in [0.15, 0.2) is 0 Å². The molecule has 2 rings (SSSR count). The molecule has 1 N–H and O–H groups in total. The third kappa shape index (κ3) is 2.94. The molecule has 0 bridgehead atoms. The molecule has 0 aliphatic carbocycles. The molecule has 0 saturated carbocycles. The maximum Gasteiger partial charge on any atom is 0.205 e. The summed E-state index contributed by atoms with van der Waals surface area (Å²) >= 11 is 1.55. The second-order valence-electron chi connectivity index (χ2n) is 3.80. The van der Waals surface area contributed by atoms with Crippen molar-refractivity contribution in [2.75, 3.05) is 12.4 Å². The molecule has 17 heavy (non-hydrogen) atoms. The van der Waals surface area contributed by atoms with E-state index in [0.29, 0.717) is 6.54 Å². The van der Waals surface area contributed by atoms with Crippen LogP contribution in [0.3, 0.4) is 0 Å². The molecule has 0 saturated heterocycles. The van der Waals surface area contributed by atoms with Gasteiger partial charge < -0.3 is 10.1 Å². The molecule has 0 unspecified atom stereocenters. The molecule has 0 atom stereocenters. The van der Waals surface area contributed by atoms with Crippen molar-refractivity contribution < 1.29 is 4.74 Å². The second-order valence-corrected chi connectivity index (χ2v) is 4.98. The summed E-state index contributed by atoms with van der Waals surface area (Å²) in [6.45, 7) is 4.70. The first kappa shape index (κ1) is 11.9. The van der Waals surface area contributed by atoms with E-state index in [2.05, 4.69) is 28.5 Å².